The van der Waals surface area contributed by atoms with E-state index in [4.69, 9.17) is 0 Å². The number of nitrogens with zero attached hydrogens (tertiary/aromatic N) is 5. The molecule has 5 heteroatoms. The molecule has 49 heavy (non-hydrogen) atoms. The van der Waals surface area contributed by atoms with Crippen LogP contribution >= 0.6 is 0 Å². The van der Waals surface area contributed by atoms with Crippen molar-refractivity contribution in [3.63, 3.8) is 0 Å². The lowest BCUT2D eigenvalue weighted by Crippen LogP contribution is -1.97. The van der Waals surface area contributed by atoms with Crippen LogP contribution < -0.4 is 0 Å². The molecule has 3 aromatic heterocycles. The average Bonchev–Trinajstić information content (AvgIpc) is 3.81. The summed E-state index contributed by atoms with van der Waals surface area (Å²) in [4.78, 5) is 0. The molecule has 0 spiro atoms. The first-order valence-corrected chi connectivity index (χ1v) is 16.2. The summed E-state index contributed by atoms with van der Waals surface area (Å²) in [5.41, 5.74) is 10.5. The van der Waals surface area contributed by atoms with Crippen LogP contribution in [0.1, 0.15) is 11.1 Å². The summed E-state index contributed by atoms with van der Waals surface area (Å²) in [6, 6.07) is 57.0. The van der Waals surface area contributed by atoms with Gasteiger partial charge in [-0.3, -0.25) is 0 Å². The van der Waals surface area contributed by atoms with Crippen molar-refractivity contribution in [3.8, 4) is 29.2 Å². The summed E-state index contributed by atoms with van der Waals surface area (Å²) in [7, 11) is 0. The van der Waals surface area contributed by atoms with Crippen LogP contribution in [-0.4, -0.2) is 13.7 Å². The summed E-state index contributed by atoms with van der Waals surface area (Å²) in [6.07, 6.45) is 0. The lowest BCUT2D eigenvalue weighted by molar-refractivity contribution is 1.17. The van der Waals surface area contributed by atoms with Crippen LogP contribution in [0.15, 0.2) is 152 Å². The second-order valence-electron chi connectivity index (χ2n) is 12.4. The highest BCUT2D eigenvalue weighted by Gasteiger charge is 2.26. The predicted molar refractivity (Wildman–Crippen MR) is 199 cm³/mol. The van der Waals surface area contributed by atoms with Gasteiger partial charge in [-0.05, 0) is 72.8 Å². The van der Waals surface area contributed by atoms with Gasteiger partial charge in [-0.1, -0.05) is 78.9 Å². The lowest BCUT2D eigenvalue weighted by Gasteiger charge is -2.12. The fraction of sp³-hybridized carbons (Fsp3) is 0. The van der Waals surface area contributed by atoms with Gasteiger partial charge in [0, 0.05) is 49.4 Å². The molecule has 0 N–H and O–H groups in total. The smallest absolute Gasteiger partial charge is 0.101 e. The maximum atomic E-state index is 10.8. The molecule has 0 aliphatic heterocycles. The van der Waals surface area contributed by atoms with Gasteiger partial charge >= 0.3 is 0 Å². The van der Waals surface area contributed by atoms with Crippen LogP contribution in [0, 0.1) is 22.7 Å². The van der Waals surface area contributed by atoms with Gasteiger partial charge in [-0.15, -0.1) is 0 Å². The Morgan fingerprint density at radius 3 is 1.57 bits per heavy atom. The van der Waals surface area contributed by atoms with Crippen LogP contribution in [0.3, 0.4) is 0 Å². The molecule has 0 radical (unpaired) electrons. The minimum atomic E-state index is 0.593. The first kappa shape index (κ1) is 27.1. The van der Waals surface area contributed by atoms with Crippen LogP contribution in [0.4, 0.5) is 0 Å². The molecule has 5 nitrogen and oxygen atoms in total. The minimum Gasteiger partial charge on any atom is -0.309 e. The lowest BCUT2D eigenvalue weighted by atomic mass is 10.0. The molecule has 10 aromatic rings. The van der Waals surface area contributed by atoms with E-state index in [0.29, 0.717) is 11.1 Å². The Labute approximate surface area is 280 Å². The van der Waals surface area contributed by atoms with E-state index in [-0.39, 0.29) is 0 Å². The topological polar surface area (TPSA) is 62.4 Å². The van der Waals surface area contributed by atoms with Crippen molar-refractivity contribution in [3.05, 3.63) is 163 Å². The maximum absolute atomic E-state index is 10.8. The van der Waals surface area contributed by atoms with Gasteiger partial charge in [-0.25, -0.2) is 0 Å². The number of rotatable bonds is 3. The number of para-hydroxylation sites is 4. The molecule has 0 unspecified atom stereocenters. The Bertz CT molecular complexity index is 3040. The van der Waals surface area contributed by atoms with E-state index in [1.807, 2.05) is 36.4 Å². The monoisotopic (exact) mass is 623 g/mol. The van der Waals surface area contributed by atoms with Crippen molar-refractivity contribution in [2.24, 2.45) is 0 Å². The Kier molecular flexibility index (Phi) is 5.64. The number of fused-ring (bicyclic) bond motifs is 11. The highest BCUT2D eigenvalue weighted by molar-refractivity contribution is 6.32. The van der Waals surface area contributed by atoms with E-state index >= 15 is 0 Å². The van der Waals surface area contributed by atoms with Crippen molar-refractivity contribution < 1.29 is 0 Å². The molecule has 0 aliphatic rings. The number of benzene rings is 7. The molecular weight excluding hydrogens is 599 g/mol. The zero-order chi connectivity index (χ0) is 32.6. The molecule has 0 aliphatic carbocycles. The third-order valence-electron chi connectivity index (χ3n) is 9.86. The van der Waals surface area contributed by atoms with Crippen LogP contribution in [0.2, 0.25) is 0 Å². The Morgan fingerprint density at radius 1 is 0.367 bits per heavy atom. The second-order valence-corrected chi connectivity index (χ2v) is 12.4. The molecule has 0 bridgehead atoms. The quantitative estimate of drug-likeness (QED) is 0.197. The van der Waals surface area contributed by atoms with Gasteiger partial charge in [0.2, 0.25) is 0 Å². The largest absolute Gasteiger partial charge is 0.309 e. The summed E-state index contributed by atoms with van der Waals surface area (Å²) < 4.78 is 6.94. The number of nitriles is 2. The zero-order valence-corrected chi connectivity index (χ0v) is 26.2. The van der Waals surface area contributed by atoms with E-state index in [1.54, 1.807) is 0 Å². The standard InChI is InChI=1S/C44H25N5/c45-26-28-19-21-32(22-20-28)48-38-18-10-8-16-35(38)41-42(48)29(27-46)25-36-33-23-24-39-40(43(33)49(44(36)41)31-13-5-2-6-14-31)34-15-7-9-17-37(34)47(39)30-11-3-1-4-12-30/h1-25H. The Morgan fingerprint density at radius 2 is 0.918 bits per heavy atom. The summed E-state index contributed by atoms with van der Waals surface area (Å²) >= 11 is 0. The molecule has 3 heterocycles. The second kappa shape index (κ2) is 10.2. The average molecular weight is 624 g/mol. The van der Waals surface area contributed by atoms with Gasteiger partial charge in [0.05, 0.1) is 50.3 Å². The number of hydrogen-bond acceptors (Lipinski definition) is 2. The van der Waals surface area contributed by atoms with Crippen molar-refractivity contribution in [1.29, 1.82) is 10.5 Å². The summed E-state index contributed by atoms with van der Waals surface area (Å²) in [5.74, 6) is 0. The number of hydrogen-bond donors (Lipinski definition) is 0. The Hall–Kier alpha value is -7.08. The minimum absolute atomic E-state index is 0.593. The summed E-state index contributed by atoms with van der Waals surface area (Å²) in [5, 5.41) is 26.9. The molecule has 0 saturated heterocycles. The highest BCUT2D eigenvalue weighted by atomic mass is 15.0. The van der Waals surface area contributed by atoms with Gasteiger partial charge in [0.1, 0.15) is 6.07 Å². The molecule has 7 aromatic carbocycles. The van der Waals surface area contributed by atoms with Crippen molar-refractivity contribution in [1.82, 2.24) is 13.7 Å². The SMILES string of the molecule is N#Cc1ccc(-n2c3ccccc3c3c2c(C#N)cc2c4ccc5c(c6ccccc6n5-c5ccccc5)c4n(-c4ccccc4)c23)cc1. The fourth-order valence-electron chi connectivity index (χ4n) is 7.92. The predicted octanol–water partition coefficient (Wildman–Crippen LogP) is 10.7. The van der Waals surface area contributed by atoms with E-state index in [9.17, 15) is 10.5 Å². The first-order chi connectivity index (χ1) is 24.3. The third kappa shape index (κ3) is 3.67. The zero-order valence-electron chi connectivity index (χ0n) is 26.2. The molecular formula is C44H25N5. The van der Waals surface area contributed by atoms with Crippen LogP contribution in [0.25, 0.3) is 82.5 Å². The third-order valence-corrected chi connectivity index (χ3v) is 9.86. The highest BCUT2D eigenvalue weighted by Crippen LogP contribution is 2.47. The normalized spacial score (nSPS) is 11.6. The van der Waals surface area contributed by atoms with Crippen molar-refractivity contribution in [2.45, 2.75) is 0 Å². The maximum Gasteiger partial charge on any atom is 0.101 e. The van der Waals surface area contributed by atoms with Crippen molar-refractivity contribution >= 4 is 65.4 Å². The molecule has 0 amide bonds. The number of aromatic nitrogens is 3. The van der Waals surface area contributed by atoms with Crippen LogP contribution in [-0.2, 0) is 0 Å². The Balaban J connectivity index is 1.49. The molecule has 226 valence electrons. The van der Waals surface area contributed by atoms with E-state index < -0.39 is 0 Å². The van der Waals surface area contributed by atoms with E-state index in [0.717, 1.165) is 71.7 Å². The van der Waals surface area contributed by atoms with E-state index in [2.05, 4.69) is 141 Å². The molecule has 0 fully saturated rings. The van der Waals surface area contributed by atoms with Gasteiger partial charge < -0.3 is 13.7 Å². The van der Waals surface area contributed by atoms with Gasteiger partial charge in [0.15, 0.2) is 0 Å². The van der Waals surface area contributed by atoms with Crippen molar-refractivity contribution in [2.75, 3.05) is 0 Å². The molecule has 10 rings (SSSR count). The van der Waals surface area contributed by atoms with E-state index in [1.165, 1.54) is 10.8 Å². The van der Waals surface area contributed by atoms with Gasteiger partial charge in [0.25, 0.3) is 0 Å². The van der Waals surface area contributed by atoms with Crippen LogP contribution in [0.5, 0.6) is 0 Å². The van der Waals surface area contributed by atoms with Gasteiger partial charge in [-0.2, -0.15) is 10.5 Å². The fourth-order valence-corrected chi connectivity index (χ4v) is 7.92. The first-order valence-electron chi connectivity index (χ1n) is 16.2. The molecule has 0 atom stereocenters. The summed E-state index contributed by atoms with van der Waals surface area (Å²) in [6.45, 7) is 0. The molecule has 0 saturated carbocycles.